The van der Waals surface area contributed by atoms with Crippen molar-refractivity contribution in [1.82, 2.24) is 0 Å². The van der Waals surface area contributed by atoms with E-state index in [4.69, 9.17) is 5.11 Å². The first-order valence-corrected chi connectivity index (χ1v) is 4.53. The highest BCUT2D eigenvalue weighted by Gasteiger charge is 2.10. The lowest BCUT2D eigenvalue weighted by Gasteiger charge is -1.98. The molecule has 0 saturated heterocycles. The van der Waals surface area contributed by atoms with Gasteiger partial charge in [0.05, 0.1) is 0 Å². The summed E-state index contributed by atoms with van der Waals surface area (Å²) >= 11 is 0. The van der Waals surface area contributed by atoms with Gasteiger partial charge in [0, 0.05) is 5.56 Å². The topological polar surface area (TPSA) is 37.3 Å². The lowest BCUT2D eigenvalue weighted by Crippen LogP contribution is -2.09. The number of hydrogen-bond acceptors (Lipinski definition) is 1. The van der Waals surface area contributed by atoms with Crippen LogP contribution in [0.3, 0.4) is 0 Å². The van der Waals surface area contributed by atoms with Gasteiger partial charge in [0.2, 0.25) is 0 Å². The highest BCUT2D eigenvalue weighted by Crippen LogP contribution is 2.02. The quantitative estimate of drug-likeness (QED) is 0.722. The van der Waals surface area contributed by atoms with Gasteiger partial charge >= 0.3 is 5.97 Å². The number of hydrogen-bond donors (Lipinski definition) is 1. The van der Waals surface area contributed by atoms with Gasteiger partial charge in [-0.3, -0.25) is 4.79 Å². The first-order valence-electron chi connectivity index (χ1n) is 4.53. The molecule has 1 rings (SSSR count). The summed E-state index contributed by atoms with van der Waals surface area (Å²) in [6, 6.07) is 9.39. The zero-order valence-corrected chi connectivity index (χ0v) is 8.03. The highest BCUT2D eigenvalue weighted by atomic mass is 16.4. The minimum absolute atomic E-state index is 0.537. The Balaban J connectivity index is 2.76. The smallest absolute Gasteiger partial charge is 0.318 e. The standard InChI is InChI=1S/C12H12O2/c1-2-11(12(13)14)9-8-10-6-4-3-5-7-10/h3-7,11H,2H2,1H3,(H,13,14). The Hall–Kier alpha value is -1.75. The molecular formula is C12H12O2. The van der Waals surface area contributed by atoms with Crippen molar-refractivity contribution < 1.29 is 9.90 Å². The first kappa shape index (κ1) is 10.3. The van der Waals surface area contributed by atoms with Crippen LogP contribution in [0.5, 0.6) is 0 Å². The first-order chi connectivity index (χ1) is 6.74. The third-order valence-electron chi connectivity index (χ3n) is 1.87. The Kier molecular flexibility index (Phi) is 3.75. The molecule has 0 amide bonds. The van der Waals surface area contributed by atoms with Gasteiger partial charge in [0.1, 0.15) is 5.92 Å². The zero-order chi connectivity index (χ0) is 10.4. The monoisotopic (exact) mass is 188 g/mol. The molecule has 72 valence electrons. The average molecular weight is 188 g/mol. The van der Waals surface area contributed by atoms with Crippen molar-refractivity contribution in [3.05, 3.63) is 35.9 Å². The summed E-state index contributed by atoms with van der Waals surface area (Å²) in [4.78, 5) is 10.6. The van der Waals surface area contributed by atoms with E-state index in [1.54, 1.807) is 0 Å². The fraction of sp³-hybridized carbons (Fsp3) is 0.250. The zero-order valence-electron chi connectivity index (χ0n) is 8.03. The highest BCUT2D eigenvalue weighted by molar-refractivity contribution is 5.73. The Morgan fingerprint density at radius 2 is 2.07 bits per heavy atom. The Labute approximate surface area is 83.6 Å². The molecule has 1 aromatic rings. The van der Waals surface area contributed by atoms with Gasteiger partial charge in [0.15, 0.2) is 0 Å². The minimum atomic E-state index is -0.851. The molecule has 14 heavy (non-hydrogen) atoms. The molecule has 0 fully saturated rings. The molecule has 2 heteroatoms. The summed E-state index contributed by atoms with van der Waals surface area (Å²) in [6.07, 6.45) is 0.537. The van der Waals surface area contributed by atoms with Gasteiger partial charge in [0.25, 0.3) is 0 Å². The van der Waals surface area contributed by atoms with Crippen LogP contribution in [0.15, 0.2) is 30.3 Å². The fourth-order valence-electron chi connectivity index (χ4n) is 1.03. The molecule has 2 nitrogen and oxygen atoms in total. The lowest BCUT2D eigenvalue weighted by atomic mass is 10.1. The van der Waals surface area contributed by atoms with Crippen molar-refractivity contribution in [3.8, 4) is 11.8 Å². The molecule has 0 aliphatic carbocycles. The van der Waals surface area contributed by atoms with Crippen LogP contribution in [0.25, 0.3) is 0 Å². The van der Waals surface area contributed by atoms with E-state index in [0.717, 1.165) is 5.56 Å². The van der Waals surface area contributed by atoms with Crippen molar-refractivity contribution in [1.29, 1.82) is 0 Å². The van der Waals surface area contributed by atoms with Crippen LogP contribution in [-0.4, -0.2) is 11.1 Å². The predicted octanol–water partition coefficient (Wildman–Crippen LogP) is 2.15. The second-order valence-corrected chi connectivity index (χ2v) is 2.93. The molecule has 0 aliphatic heterocycles. The van der Waals surface area contributed by atoms with E-state index in [2.05, 4.69) is 11.8 Å². The lowest BCUT2D eigenvalue weighted by molar-refractivity contribution is -0.139. The van der Waals surface area contributed by atoms with E-state index in [0.29, 0.717) is 6.42 Å². The molecule has 0 heterocycles. The van der Waals surface area contributed by atoms with Crippen molar-refractivity contribution >= 4 is 5.97 Å². The number of aliphatic carboxylic acids is 1. The van der Waals surface area contributed by atoms with Gasteiger partial charge in [-0.1, -0.05) is 37.0 Å². The van der Waals surface area contributed by atoms with Crippen molar-refractivity contribution in [2.75, 3.05) is 0 Å². The van der Waals surface area contributed by atoms with E-state index < -0.39 is 11.9 Å². The molecular weight excluding hydrogens is 176 g/mol. The Bertz CT molecular complexity index is 357. The van der Waals surface area contributed by atoms with Crippen molar-refractivity contribution in [2.45, 2.75) is 13.3 Å². The predicted molar refractivity (Wildman–Crippen MR) is 54.7 cm³/mol. The molecule has 1 aromatic carbocycles. The Morgan fingerprint density at radius 1 is 1.43 bits per heavy atom. The third-order valence-corrected chi connectivity index (χ3v) is 1.87. The summed E-state index contributed by atoms with van der Waals surface area (Å²) in [5.41, 5.74) is 0.854. The van der Waals surface area contributed by atoms with Crippen LogP contribution in [0.1, 0.15) is 18.9 Å². The van der Waals surface area contributed by atoms with Crippen LogP contribution in [0, 0.1) is 17.8 Å². The van der Waals surface area contributed by atoms with E-state index in [-0.39, 0.29) is 0 Å². The average Bonchev–Trinajstić information content (AvgIpc) is 2.20. The van der Waals surface area contributed by atoms with E-state index >= 15 is 0 Å². The molecule has 0 aromatic heterocycles. The van der Waals surface area contributed by atoms with Gasteiger partial charge in [-0.25, -0.2) is 0 Å². The number of carboxylic acid groups (broad SMARTS) is 1. The van der Waals surface area contributed by atoms with Crippen molar-refractivity contribution in [3.63, 3.8) is 0 Å². The third kappa shape index (κ3) is 2.95. The maximum absolute atomic E-state index is 10.6. The second-order valence-electron chi connectivity index (χ2n) is 2.93. The van der Waals surface area contributed by atoms with Gasteiger partial charge in [-0.2, -0.15) is 0 Å². The molecule has 0 bridgehead atoms. The maximum Gasteiger partial charge on any atom is 0.318 e. The van der Waals surface area contributed by atoms with E-state index in [1.807, 2.05) is 37.3 Å². The summed E-state index contributed by atoms with van der Waals surface area (Å²) in [6.45, 7) is 1.82. The molecule has 0 spiro atoms. The van der Waals surface area contributed by atoms with Gasteiger partial charge in [-0.05, 0) is 18.6 Å². The molecule has 1 N–H and O–H groups in total. The van der Waals surface area contributed by atoms with Crippen LogP contribution in [-0.2, 0) is 4.79 Å². The molecule has 0 radical (unpaired) electrons. The molecule has 1 unspecified atom stereocenters. The summed E-state index contributed by atoms with van der Waals surface area (Å²) < 4.78 is 0. The number of benzene rings is 1. The molecule has 0 saturated carbocycles. The number of carboxylic acids is 1. The SMILES string of the molecule is CCC(C#Cc1ccccc1)C(=O)O. The van der Waals surface area contributed by atoms with E-state index in [1.165, 1.54) is 0 Å². The largest absolute Gasteiger partial charge is 0.480 e. The molecule has 1 atom stereocenters. The van der Waals surface area contributed by atoms with Crippen LogP contribution < -0.4 is 0 Å². The normalized spacial score (nSPS) is 11.2. The summed E-state index contributed by atoms with van der Waals surface area (Å²) in [5, 5.41) is 8.75. The molecule has 0 aliphatic rings. The maximum atomic E-state index is 10.6. The summed E-state index contributed by atoms with van der Waals surface area (Å²) in [7, 11) is 0. The van der Waals surface area contributed by atoms with Gasteiger partial charge in [-0.15, -0.1) is 0 Å². The van der Waals surface area contributed by atoms with Crippen LogP contribution in [0.4, 0.5) is 0 Å². The van der Waals surface area contributed by atoms with Crippen molar-refractivity contribution in [2.24, 2.45) is 5.92 Å². The minimum Gasteiger partial charge on any atom is -0.480 e. The fourth-order valence-corrected chi connectivity index (χ4v) is 1.03. The van der Waals surface area contributed by atoms with Crippen LogP contribution in [0.2, 0.25) is 0 Å². The second kappa shape index (κ2) is 5.08. The van der Waals surface area contributed by atoms with Crippen LogP contribution >= 0.6 is 0 Å². The van der Waals surface area contributed by atoms with E-state index in [9.17, 15) is 4.79 Å². The number of carbonyl (C=O) groups is 1. The summed E-state index contributed by atoms with van der Waals surface area (Å²) in [5.74, 6) is 4.17. The van der Waals surface area contributed by atoms with Gasteiger partial charge < -0.3 is 5.11 Å². The Morgan fingerprint density at radius 3 is 2.57 bits per heavy atom. The number of rotatable bonds is 2.